The average Bonchev–Trinajstić information content (AvgIpc) is 3.98. The maximum absolute atomic E-state index is 14.0. The fraction of sp³-hybridized carbons (Fsp3) is 0.370. The lowest BCUT2D eigenvalue weighted by Crippen LogP contribution is -2.54. The van der Waals surface area contributed by atoms with E-state index < -0.39 is 35.7 Å². The summed E-state index contributed by atoms with van der Waals surface area (Å²) in [6, 6.07) is 19.3. The molecule has 0 saturated carbocycles. The molecule has 5 aliphatic rings. The molecule has 3 fully saturated rings. The monoisotopic (exact) mass is 838 g/mol. The number of aromatic nitrogens is 1. The lowest BCUT2D eigenvalue weighted by Gasteiger charge is -2.43. The number of nitrogens with zero attached hydrogens (tertiary/aromatic N) is 6. The van der Waals surface area contributed by atoms with Crippen molar-refractivity contribution in [3.05, 3.63) is 112 Å². The van der Waals surface area contributed by atoms with E-state index in [0.717, 1.165) is 86.8 Å². The van der Waals surface area contributed by atoms with Gasteiger partial charge in [0.15, 0.2) is 5.13 Å². The minimum absolute atomic E-state index is 0.0733. The highest BCUT2D eigenvalue weighted by Gasteiger charge is 2.45. The SMILES string of the molecule is O=C1CCC(N2C(=O)c3cccc(C#CCCCN4CCN(C5CCN(c6ccc7c(c6)C(=O)N(C(C(=O)Nc6nccs6)c6ccccc6)C7)CC5)CC4)c3C2=O)C(=O)N1. The molecule has 0 bridgehead atoms. The van der Waals surface area contributed by atoms with Gasteiger partial charge < -0.3 is 14.7 Å². The molecule has 3 aromatic carbocycles. The molecule has 5 aliphatic heterocycles. The lowest BCUT2D eigenvalue weighted by molar-refractivity contribution is -0.136. The predicted molar refractivity (Wildman–Crippen MR) is 229 cm³/mol. The Morgan fingerprint density at radius 1 is 0.869 bits per heavy atom. The van der Waals surface area contributed by atoms with Crippen LogP contribution in [0.1, 0.15) is 92.3 Å². The third kappa shape index (κ3) is 8.18. The maximum Gasteiger partial charge on any atom is 0.263 e. The summed E-state index contributed by atoms with van der Waals surface area (Å²) in [5, 5.41) is 7.43. The smallest absolute Gasteiger partial charge is 0.263 e. The van der Waals surface area contributed by atoms with Gasteiger partial charge in [-0.15, -0.1) is 11.3 Å². The van der Waals surface area contributed by atoms with Crippen molar-refractivity contribution in [2.24, 2.45) is 0 Å². The van der Waals surface area contributed by atoms with E-state index in [1.165, 1.54) is 11.3 Å². The number of imide groups is 2. The van der Waals surface area contributed by atoms with E-state index in [1.54, 1.807) is 34.7 Å². The van der Waals surface area contributed by atoms with Gasteiger partial charge in [-0.25, -0.2) is 4.98 Å². The van der Waals surface area contributed by atoms with Crippen LogP contribution in [0.5, 0.6) is 0 Å². The minimum Gasteiger partial charge on any atom is -0.371 e. The van der Waals surface area contributed by atoms with Crippen molar-refractivity contribution >= 4 is 57.6 Å². The topological polar surface area (TPSA) is 156 Å². The van der Waals surface area contributed by atoms with E-state index in [9.17, 15) is 28.8 Å². The summed E-state index contributed by atoms with van der Waals surface area (Å²) in [4.78, 5) is 92.5. The number of fused-ring (bicyclic) bond motifs is 2. The van der Waals surface area contributed by atoms with E-state index >= 15 is 0 Å². The normalized spacial score (nSPS) is 20.3. The third-order valence-corrected chi connectivity index (χ3v) is 13.2. The molecular formula is C46H46N8O6S. The maximum atomic E-state index is 14.0. The van der Waals surface area contributed by atoms with Crippen LogP contribution in [-0.2, 0) is 20.9 Å². The van der Waals surface area contributed by atoms with Crippen molar-refractivity contribution in [1.82, 2.24) is 29.9 Å². The summed E-state index contributed by atoms with van der Waals surface area (Å²) >= 11 is 1.34. The largest absolute Gasteiger partial charge is 0.371 e. The van der Waals surface area contributed by atoms with Crippen LogP contribution in [0.15, 0.2) is 78.3 Å². The summed E-state index contributed by atoms with van der Waals surface area (Å²) < 4.78 is 0. The number of anilines is 2. The van der Waals surface area contributed by atoms with Crippen LogP contribution in [0.25, 0.3) is 0 Å². The van der Waals surface area contributed by atoms with Crippen LogP contribution < -0.4 is 15.5 Å². The van der Waals surface area contributed by atoms with Gasteiger partial charge in [-0.05, 0) is 67.6 Å². The first-order valence-corrected chi connectivity index (χ1v) is 21.9. The molecule has 14 nitrogen and oxygen atoms in total. The van der Waals surface area contributed by atoms with Crippen molar-refractivity contribution in [3.8, 4) is 11.8 Å². The van der Waals surface area contributed by atoms with E-state index in [0.29, 0.717) is 35.3 Å². The number of hydrogen-bond donors (Lipinski definition) is 2. The molecule has 0 aliphatic carbocycles. The summed E-state index contributed by atoms with van der Waals surface area (Å²) in [6.45, 7) is 7.08. The summed E-state index contributed by atoms with van der Waals surface area (Å²) in [7, 11) is 0. The Kier molecular flexibility index (Phi) is 11.5. The standard InChI is InChI=1S/C46H46N8O6S/c55-38-16-15-37(41(56)48-38)54-44(59)35-12-7-11-30(39(35)45(54)60)8-5-2-6-20-50-23-25-52(26-24-50)33-17-21-51(22-18-33)34-14-13-32-29-53(43(58)36(32)28-34)40(31-9-3-1-4-10-31)42(57)49-46-47-19-27-61-46/h1,3-4,7,9-14,19,27-28,33,37,40H,2,6,15-18,20-26,29H2,(H,47,49,57)(H,48,55,56). The van der Waals surface area contributed by atoms with Gasteiger partial charge >= 0.3 is 0 Å². The minimum atomic E-state index is -1.01. The predicted octanol–water partition coefficient (Wildman–Crippen LogP) is 4.30. The van der Waals surface area contributed by atoms with Crippen molar-refractivity contribution in [1.29, 1.82) is 0 Å². The molecule has 61 heavy (non-hydrogen) atoms. The molecule has 6 heterocycles. The van der Waals surface area contributed by atoms with Gasteiger partial charge in [-0.3, -0.25) is 49.2 Å². The second-order valence-corrected chi connectivity index (χ2v) is 17.0. The van der Waals surface area contributed by atoms with Gasteiger partial charge in [0.25, 0.3) is 23.6 Å². The van der Waals surface area contributed by atoms with Crippen molar-refractivity contribution in [2.75, 3.05) is 56.0 Å². The number of piperazine rings is 1. The van der Waals surface area contributed by atoms with Crippen molar-refractivity contribution in [2.45, 2.75) is 63.2 Å². The third-order valence-electron chi connectivity index (χ3n) is 12.5. The molecule has 2 N–H and O–H groups in total. The number of amides is 6. The highest BCUT2D eigenvalue weighted by Crippen LogP contribution is 2.36. The van der Waals surface area contributed by atoms with Gasteiger partial charge in [0.1, 0.15) is 12.1 Å². The fourth-order valence-electron chi connectivity index (χ4n) is 9.29. The number of carbonyl (C=O) groups excluding carboxylic acids is 6. The molecule has 0 radical (unpaired) electrons. The first-order valence-electron chi connectivity index (χ1n) is 21.0. The number of thiazole rings is 1. The number of nitrogens with one attached hydrogen (secondary N) is 2. The molecular weight excluding hydrogens is 793 g/mol. The molecule has 6 amide bonds. The Labute approximate surface area is 357 Å². The summed E-state index contributed by atoms with van der Waals surface area (Å²) in [5.74, 6) is 3.77. The average molecular weight is 839 g/mol. The highest BCUT2D eigenvalue weighted by molar-refractivity contribution is 7.13. The molecule has 1 aromatic heterocycles. The number of carbonyl (C=O) groups is 6. The van der Waals surface area contributed by atoms with Gasteiger partial charge in [0.2, 0.25) is 11.8 Å². The Bertz CT molecular complexity index is 2430. The van der Waals surface area contributed by atoms with Crippen LogP contribution in [0.2, 0.25) is 0 Å². The lowest BCUT2D eigenvalue weighted by atomic mass is 10.0. The van der Waals surface area contributed by atoms with Crippen molar-refractivity contribution in [3.63, 3.8) is 0 Å². The Balaban J connectivity index is 0.738. The molecule has 9 rings (SSSR count). The van der Waals surface area contributed by atoms with E-state index in [4.69, 9.17) is 0 Å². The number of hydrogen-bond acceptors (Lipinski definition) is 11. The zero-order valence-corrected chi connectivity index (χ0v) is 34.5. The second kappa shape index (κ2) is 17.4. The number of piperidine rings is 2. The van der Waals surface area contributed by atoms with E-state index in [-0.39, 0.29) is 35.8 Å². The zero-order chi connectivity index (χ0) is 42.0. The molecule has 2 unspecified atom stereocenters. The van der Waals surface area contributed by atoms with Gasteiger partial charge in [0, 0.05) is 93.1 Å². The Morgan fingerprint density at radius 3 is 2.43 bits per heavy atom. The van der Waals surface area contributed by atoms with E-state index in [1.807, 2.05) is 42.5 Å². The first-order chi connectivity index (χ1) is 29.7. The number of benzene rings is 3. The van der Waals surface area contributed by atoms with Gasteiger partial charge in [-0.1, -0.05) is 54.3 Å². The quantitative estimate of drug-likeness (QED) is 0.134. The molecule has 0 spiro atoms. The summed E-state index contributed by atoms with van der Waals surface area (Å²) in [5.41, 5.74) is 4.30. The van der Waals surface area contributed by atoms with Crippen LogP contribution >= 0.6 is 11.3 Å². The van der Waals surface area contributed by atoms with Crippen LogP contribution in [0, 0.1) is 11.8 Å². The number of unbranched alkanes of at least 4 members (excludes halogenated alkanes) is 1. The summed E-state index contributed by atoms with van der Waals surface area (Å²) in [6.07, 6.45) is 5.44. The fourth-order valence-corrected chi connectivity index (χ4v) is 9.82. The second-order valence-electron chi connectivity index (χ2n) is 16.1. The Morgan fingerprint density at radius 2 is 1.67 bits per heavy atom. The zero-order valence-electron chi connectivity index (χ0n) is 33.7. The Hall–Kier alpha value is -6.21. The highest BCUT2D eigenvalue weighted by atomic mass is 32.1. The van der Waals surface area contributed by atoms with Gasteiger partial charge in [-0.2, -0.15) is 0 Å². The first kappa shape index (κ1) is 40.2. The molecule has 3 saturated heterocycles. The van der Waals surface area contributed by atoms with Crippen molar-refractivity contribution < 1.29 is 28.8 Å². The van der Waals surface area contributed by atoms with Crippen LogP contribution in [0.4, 0.5) is 10.8 Å². The molecule has 2 atom stereocenters. The van der Waals surface area contributed by atoms with Gasteiger partial charge in [0.05, 0.1) is 11.1 Å². The molecule has 4 aromatic rings. The van der Waals surface area contributed by atoms with E-state index in [2.05, 4.69) is 48.2 Å². The molecule has 15 heteroatoms. The van der Waals surface area contributed by atoms with Crippen LogP contribution in [0.3, 0.4) is 0 Å². The van der Waals surface area contributed by atoms with Crippen LogP contribution in [-0.4, -0.2) is 118 Å². The number of rotatable bonds is 10. The molecule has 312 valence electrons.